The fourth-order valence-corrected chi connectivity index (χ4v) is 1.70. The van der Waals surface area contributed by atoms with Crippen molar-refractivity contribution < 1.29 is 9.18 Å². The predicted molar refractivity (Wildman–Crippen MR) is 77.4 cm³/mol. The van der Waals surface area contributed by atoms with Gasteiger partial charge in [-0.05, 0) is 42.8 Å². The molecule has 0 unspecified atom stereocenters. The molecule has 20 heavy (non-hydrogen) atoms. The molecular weight excluding hydrogens is 257 g/mol. The first-order chi connectivity index (χ1) is 9.70. The molecule has 2 N–H and O–H groups in total. The van der Waals surface area contributed by atoms with Crippen LogP contribution in [0, 0.1) is 5.82 Å². The maximum Gasteiger partial charge on any atom is 0.259 e. The average Bonchev–Trinajstić information content (AvgIpc) is 2.47. The summed E-state index contributed by atoms with van der Waals surface area (Å²) in [7, 11) is 0. The Morgan fingerprint density at radius 3 is 2.70 bits per heavy atom. The lowest BCUT2D eigenvalue weighted by Gasteiger charge is -2.10. The summed E-state index contributed by atoms with van der Waals surface area (Å²) >= 11 is 0. The lowest BCUT2D eigenvalue weighted by Crippen LogP contribution is -2.16. The maximum absolute atomic E-state index is 12.8. The zero-order valence-electron chi connectivity index (χ0n) is 11.2. The molecule has 2 aromatic rings. The molecule has 1 amide bonds. The Hall–Kier alpha value is -2.43. The van der Waals surface area contributed by atoms with Gasteiger partial charge in [0.05, 0.1) is 5.56 Å². The summed E-state index contributed by atoms with van der Waals surface area (Å²) in [6, 6.07) is 9.04. The molecule has 1 heterocycles. The van der Waals surface area contributed by atoms with E-state index in [0.717, 1.165) is 13.0 Å². The van der Waals surface area contributed by atoms with Crippen LogP contribution in [0.5, 0.6) is 0 Å². The molecule has 0 aliphatic rings. The number of pyridine rings is 1. The SMILES string of the molecule is CCCNc1ncccc1C(=O)Nc1ccc(F)cc1. The highest BCUT2D eigenvalue weighted by molar-refractivity contribution is 6.07. The number of carbonyl (C=O) groups is 1. The van der Waals surface area contributed by atoms with Crippen molar-refractivity contribution in [1.29, 1.82) is 0 Å². The molecule has 104 valence electrons. The highest BCUT2D eigenvalue weighted by Crippen LogP contribution is 2.15. The van der Waals surface area contributed by atoms with Crippen LogP contribution in [0.25, 0.3) is 0 Å². The molecule has 0 fully saturated rings. The third kappa shape index (κ3) is 3.54. The van der Waals surface area contributed by atoms with Crippen LogP contribution in [0.15, 0.2) is 42.6 Å². The van der Waals surface area contributed by atoms with Gasteiger partial charge in [0.15, 0.2) is 0 Å². The molecule has 1 aromatic heterocycles. The van der Waals surface area contributed by atoms with Crippen LogP contribution < -0.4 is 10.6 Å². The molecule has 2 rings (SSSR count). The molecule has 5 heteroatoms. The van der Waals surface area contributed by atoms with Crippen molar-refractivity contribution in [3.05, 3.63) is 54.0 Å². The standard InChI is InChI=1S/C15H16FN3O/c1-2-9-17-14-13(4-3-10-18-14)15(20)19-12-7-5-11(16)6-8-12/h3-8,10H,2,9H2,1H3,(H,17,18)(H,19,20). The first-order valence-corrected chi connectivity index (χ1v) is 6.46. The number of rotatable bonds is 5. The topological polar surface area (TPSA) is 54.0 Å². The smallest absolute Gasteiger partial charge is 0.259 e. The summed E-state index contributed by atoms with van der Waals surface area (Å²) in [6.07, 6.45) is 2.57. The van der Waals surface area contributed by atoms with E-state index in [9.17, 15) is 9.18 Å². The predicted octanol–water partition coefficient (Wildman–Crippen LogP) is 3.29. The van der Waals surface area contributed by atoms with Gasteiger partial charge in [0.25, 0.3) is 5.91 Å². The number of carbonyl (C=O) groups excluding carboxylic acids is 1. The van der Waals surface area contributed by atoms with Crippen LogP contribution >= 0.6 is 0 Å². The minimum atomic E-state index is -0.338. The molecule has 0 spiro atoms. The van der Waals surface area contributed by atoms with Crippen molar-refractivity contribution in [2.24, 2.45) is 0 Å². The Morgan fingerprint density at radius 2 is 2.00 bits per heavy atom. The number of nitrogens with zero attached hydrogens (tertiary/aromatic N) is 1. The number of hydrogen-bond donors (Lipinski definition) is 2. The fraction of sp³-hybridized carbons (Fsp3) is 0.200. The molecule has 0 aliphatic carbocycles. The van der Waals surface area contributed by atoms with Crippen LogP contribution in [-0.2, 0) is 0 Å². The highest BCUT2D eigenvalue weighted by atomic mass is 19.1. The van der Waals surface area contributed by atoms with E-state index in [-0.39, 0.29) is 11.7 Å². The van der Waals surface area contributed by atoms with E-state index in [4.69, 9.17) is 0 Å². The molecule has 4 nitrogen and oxygen atoms in total. The summed E-state index contributed by atoms with van der Waals surface area (Å²) in [5.74, 6) is -0.0630. The summed E-state index contributed by atoms with van der Waals surface area (Å²) in [5, 5.41) is 5.82. The molecule has 0 bridgehead atoms. The van der Waals surface area contributed by atoms with E-state index >= 15 is 0 Å². The Morgan fingerprint density at radius 1 is 1.25 bits per heavy atom. The van der Waals surface area contributed by atoms with Crippen molar-refractivity contribution in [1.82, 2.24) is 4.98 Å². The number of nitrogens with one attached hydrogen (secondary N) is 2. The molecule has 0 radical (unpaired) electrons. The van der Waals surface area contributed by atoms with E-state index in [0.29, 0.717) is 17.1 Å². The first kappa shape index (κ1) is 14.0. The normalized spacial score (nSPS) is 10.1. The van der Waals surface area contributed by atoms with Crippen molar-refractivity contribution in [3.8, 4) is 0 Å². The molecule has 0 saturated heterocycles. The van der Waals surface area contributed by atoms with Gasteiger partial charge in [0.1, 0.15) is 11.6 Å². The number of halogens is 1. The van der Waals surface area contributed by atoms with Crippen LogP contribution in [0.1, 0.15) is 23.7 Å². The summed E-state index contributed by atoms with van der Waals surface area (Å²) in [6.45, 7) is 2.78. The minimum Gasteiger partial charge on any atom is -0.369 e. The van der Waals surface area contributed by atoms with Crippen LogP contribution in [0.4, 0.5) is 15.9 Å². The largest absolute Gasteiger partial charge is 0.369 e. The lowest BCUT2D eigenvalue weighted by atomic mass is 10.2. The Balaban J connectivity index is 2.14. The van der Waals surface area contributed by atoms with Gasteiger partial charge >= 0.3 is 0 Å². The van der Waals surface area contributed by atoms with Gasteiger partial charge in [-0.25, -0.2) is 9.37 Å². The van der Waals surface area contributed by atoms with Gasteiger partial charge in [0.2, 0.25) is 0 Å². The van der Waals surface area contributed by atoms with Gasteiger partial charge in [0, 0.05) is 18.4 Å². The Labute approximate surface area is 117 Å². The molecule has 1 aromatic carbocycles. The number of amides is 1. The van der Waals surface area contributed by atoms with Gasteiger partial charge in [-0.2, -0.15) is 0 Å². The third-order valence-electron chi connectivity index (χ3n) is 2.70. The van der Waals surface area contributed by atoms with E-state index < -0.39 is 0 Å². The van der Waals surface area contributed by atoms with Crippen LogP contribution in [0.2, 0.25) is 0 Å². The average molecular weight is 273 g/mol. The lowest BCUT2D eigenvalue weighted by molar-refractivity contribution is 0.102. The van der Waals surface area contributed by atoms with Crippen molar-refractivity contribution in [3.63, 3.8) is 0 Å². The van der Waals surface area contributed by atoms with Gasteiger partial charge < -0.3 is 10.6 Å². The van der Waals surface area contributed by atoms with E-state index in [1.54, 1.807) is 18.3 Å². The summed E-state index contributed by atoms with van der Waals surface area (Å²) < 4.78 is 12.8. The van der Waals surface area contributed by atoms with E-state index in [1.165, 1.54) is 24.3 Å². The zero-order valence-corrected chi connectivity index (χ0v) is 11.2. The molecule has 0 aliphatic heterocycles. The quantitative estimate of drug-likeness (QED) is 0.879. The second-order valence-electron chi connectivity index (χ2n) is 4.29. The van der Waals surface area contributed by atoms with Gasteiger partial charge in [-0.1, -0.05) is 6.92 Å². The maximum atomic E-state index is 12.8. The second kappa shape index (κ2) is 6.65. The van der Waals surface area contributed by atoms with E-state index in [1.807, 2.05) is 6.92 Å². The zero-order chi connectivity index (χ0) is 14.4. The monoisotopic (exact) mass is 273 g/mol. The Kier molecular flexibility index (Phi) is 4.65. The van der Waals surface area contributed by atoms with Crippen LogP contribution in [0.3, 0.4) is 0 Å². The molecular formula is C15H16FN3O. The number of benzene rings is 1. The number of aromatic nitrogens is 1. The highest BCUT2D eigenvalue weighted by Gasteiger charge is 2.12. The number of anilines is 2. The fourth-order valence-electron chi connectivity index (χ4n) is 1.70. The summed E-state index contributed by atoms with van der Waals surface area (Å²) in [4.78, 5) is 16.4. The van der Waals surface area contributed by atoms with Crippen molar-refractivity contribution in [2.75, 3.05) is 17.2 Å². The third-order valence-corrected chi connectivity index (χ3v) is 2.70. The minimum absolute atomic E-state index is 0.275. The van der Waals surface area contributed by atoms with Crippen LogP contribution in [-0.4, -0.2) is 17.4 Å². The Bertz CT molecular complexity index is 584. The first-order valence-electron chi connectivity index (χ1n) is 6.46. The molecule has 0 saturated carbocycles. The van der Waals surface area contributed by atoms with Crippen molar-refractivity contribution >= 4 is 17.4 Å². The van der Waals surface area contributed by atoms with Gasteiger partial charge in [-0.3, -0.25) is 4.79 Å². The van der Waals surface area contributed by atoms with Crippen molar-refractivity contribution in [2.45, 2.75) is 13.3 Å². The van der Waals surface area contributed by atoms with Gasteiger partial charge in [-0.15, -0.1) is 0 Å². The van der Waals surface area contributed by atoms with E-state index in [2.05, 4.69) is 15.6 Å². The number of hydrogen-bond acceptors (Lipinski definition) is 3. The second-order valence-corrected chi connectivity index (χ2v) is 4.29. The molecule has 0 atom stereocenters. The summed E-state index contributed by atoms with van der Waals surface area (Å²) in [5.41, 5.74) is 1.01.